The van der Waals surface area contributed by atoms with Crippen LogP contribution in [-0.2, 0) is 4.79 Å². The fourth-order valence-electron chi connectivity index (χ4n) is 1.43. The van der Waals surface area contributed by atoms with E-state index in [1.165, 1.54) is 0 Å². The molecule has 0 heterocycles. The molecule has 1 unspecified atom stereocenters. The maximum atomic E-state index is 11.7. The van der Waals surface area contributed by atoms with Crippen molar-refractivity contribution in [1.82, 2.24) is 0 Å². The molecule has 0 fully saturated rings. The smallest absolute Gasteiger partial charge is 0.241 e. The van der Waals surface area contributed by atoms with Gasteiger partial charge in [-0.15, -0.1) is 6.58 Å². The second-order valence-electron chi connectivity index (χ2n) is 3.73. The summed E-state index contributed by atoms with van der Waals surface area (Å²) in [4.78, 5) is 11.7. The summed E-state index contributed by atoms with van der Waals surface area (Å²) in [6, 6.07) is 6.71. The summed E-state index contributed by atoms with van der Waals surface area (Å²) in [5.74, 6) is -0.313. The minimum Gasteiger partial charge on any atom is -0.324 e. The number of anilines is 1. The molecule has 0 aromatic heterocycles. The lowest BCUT2D eigenvalue weighted by molar-refractivity contribution is -0.117. The molecule has 0 aliphatic heterocycles. The maximum absolute atomic E-state index is 11.7. The number of nitrogens with one attached hydrogen (secondary N) is 1. The first kappa shape index (κ1) is 12.9. The molecule has 0 bridgehead atoms. The number of amides is 1. The Balaban J connectivity index is 2.89. The number of hydrogen-bond acceptors (Lipinski definition) is 3. The van der Waals surface area contributed by atoms with Crippen LogP contribution in [0.1, 0.15) is 17.5 Å². The molecule has 1 rings (SSSR count). The molecule has 1 aromatic rings. The van der Waals surface area contributed by atoms with Gasteiger partial charge in [-0.3, -0.25) is 4.79 Å². The first-order valence-corrected chi connectivity index (χ1v) is 5.27. The van der Waals surface area contributed by atoms with Crippen molar-refractivity contribution in [2.75, 3.05) is 5.32 Å². The number of rotatable bonds is 4. The van der Waals surface area contributed by atoms with Gasteiger partial charge in [0.15, 0.2) is 0 Å². The third kappa shape index (κ3) is 3.16. The Kier molecular flexibility index (Phi) is 4.44. The Morgan fingerprint density at radius 1 is 1.71 bits per heavy atom. The zero-order chi connectivity index (χ0) is 12.8. The molecule has 0 saturated carbocycles. The van der Waals surface area contributed by atoms with E-state index in [0.717, 1.165) is 5.56 Å². The van der Waals surface area contributed by atoms with Crippen LogP contribution in [0.25, 0.3) is 0 Å². The van der Waals surface area contributed by atoms with Crippen molar-refractivity contribution in [2.24, 2.45) is 5.73 Å². The van der Waals surface area contributed by atoms with Gasteiger partial charge in [-0.25, -0.2) is 0 Å². The van der Waals surface area contributed by atoms with E-state index in [-0.39, 0.29) is 5.91 Å². The topological polar surface area (TPSA) is 78.9 Å². The Bertz CT molecular complexity index is 474. The van der Waals surface area contributed by atoms with Gasteiger partial charge in [-0.05, 0) is 25.0 Å². The van der Waals surface area contributed by atoms with Crippen LogP contribution >= 0.6 is 0 Å². The number of nitrogens with zero attached hydrogens (tertiary/aromatic N) is 1. The molecule has 88 valence electrons. The van der Waals surface area contributed by atoms with E-state index < -0.39 is 6.04 Å². The summed E-state index contributed by atoms with van der Waals surface area (Å²) in [7, 11) is 0. The lowest BCUT2D eigenvalue weighted by Gasteiger charge is -2.12. The van der Waals surface area contributed by atoms with E-state index >= 15 is 0 Å². The molecule has 0 spiro atoms. The molecule has 1 aromatic carbocycles. The molecule has 1 atom stereocenters. The zero-order valence-electron chi connectivity index (χ0n) is 9.73. The van der Waals surface area contributed by atoms with Crippen molar-refractivity contribution in [3.8, 4) is 6.07 Å². The average Bonchev–Trinajstić information content (AvgIpc) is 2.29. The minimum atomic E-state index is -0.639. The van der Waals surface area contributed by atoms with Crippen LogP contribution in [0.2, 0.25) is 0 Å². The van der Waals surface area contributed by atoms with E-state index in [1.54, 1.807) is 18.2 Å². The number of hydrogen-bond donors (Lipinski definition) is 2. The summed E-state index contributed by atoms with van der Waals surface area (Å²) in [6.07, 6.45) is 1.99. The molecule has 0 saturated heterocycles. The van der Waals surface area contributed by atoms with Gasteiger partial charge >= 0.3 is 0 Å². The lowest BCUT2D eigenvalue weighted by Crippen LogP contribution is -2.35. The van der Waals surface area contributed by atoms with Gasteiger partial charge in [-0.2, -0.15) is 5.26 Å². The van der Waals surface area contributed by atoms with Crippen LogP contribution in [0.3, 0.4) is 0 Å². The minimum absolute atomic E-state index is 0.313. The van der Waals surface area contributed by atoms with Crippen molar-refractivity contribution in [2.45, 2.75) is 19.4 Å². The standard InChI is InChI=1S/C13H15N3O/c1-3-5-11(15)13(17)16-12-7-4-6-9(2)10(12)8-14/h3-4,6-7,11H,1,5,15H2,2H3,(H,16,17). The fraction of sp³-hybridized carbons (Fsp3) is 0.231. The quantitative estimate of drug-likeness (QED) is 0.771. The second-order valence-corrected chi connectivity index (χ2v) is 3.73. The number of carbonyl (C=O) groups is 1. The largest absolute Gasteiger partial charge is 0.324 e. The maximum Gasteiger partial charge on any atom is 0.241 e. The normalized spacial score (nSPS) is 11.4. The van der Waals surface area contributed by atoms with Crippen LogP contribution in [-0.4, -0.2) is 11.9 Å². The van der Waals surface area contributed by atoms with Gasteiger partial charge in [0.2, 0.25) is 5.91 Å². The Morgan fingerprint density at radius 2 is 2.41 bits per heavy atom. The number of benzene rings is 1. The van der Waals surface area contributed by atoms with Crippen molar-refractivity contribution in [1.29, 1.82) is 5.26 Å². The first-order chi connectivity index (χ1) is 8.10. The molecular formula is C13H15N3O. The van der Waals surface area contributed by atoms with Crippen molar-refractivity contribution < 1.29 is 4.79 Å². The van der Waals surface area contributed by atoms with Crippen molar-refractivity contribution in [3.05, 3.63) is 42.0 Å². The summed E-state index contributed by atoms with van der Waals surface area (Å²) >= 11 is 0. The predicted octanol–water partition coefficient (Wildman–Crippen LogP) is 1.71. The molecule has 4 nitrogen and oxygen atoms in total. The SMILES string of the molecule is C=CCC(N)C(=O)Nc1cccc(C)c1C#N. The van der Waals surface area contributed by atoms with E-state index in [4.69, 9.17) is 11.0 Å². The van der Waals surface area contributed by atoms with Crippen LogP contribution < -0.4 is 11.1 Å². The van der Waals surface area contributed by atoms with Gasteiger partial charge in [-0.1, -0.05) is 18.2 Å². The molecule has 4 heteroatoms. The Morgan fingerprint density at radius 3 is 3.00 bits per heavy atom. The summed E-state index contributed by atoms with van der Waals surface area (Å²) < 4.78 is 0. The average molecular weight is 229 g/mol. The number of nitrogens with two attached hydrogens (primary N) is 1. The number of carbonyl (C=O) groups excluding carboxylic acids is 1. The molecule has 0 aliphatic carbocycles. The number of aryl methyl sites for hydroxylation is 1. The van der Waals surface area contributed by atoms with Crippen molar-refractivity contribution in [3.63, 3.8) is 0 Å². The van der Waals surface area contributed by atoms with E-state index in [0.29, 0.717) is 17.7 Å². The molecule has 0 radical (unpaired) electrons. The van der Waals surface area contributed by atoms with Crippen LogP contribution in [0, 0.1) is 18.3 Å². The molecular weight excluding hydrogens is 214 g/mol. The van der Waals surface area contributed by atoms with Crippen LogP contribution in [0.4, 0.5) is 5.69 Å². The Hall–Kier alpha value is -2.12. The second kappa shape index (κ2) is 5.83. The lowest BCUT2D eigenvalue weighted by atomic mass is 10.1. The van der Waals surface area contributed by atoms with E-state index in [2.05, 4.69) is 18.0 Å². The highest BCUT2D eigenvalue weighted by Crippen LogP contribution is 2.18. The van der Waals surface area contributed by atoms with Gasteiger partial charge < -0.3 is 11.1 Å². The monoisotopic (exact) mass is 229 g/mol. The highest BCUT2D eigenvalue weighted by molar-refractivity contribution is 5.96. The van der Waals surface area contributed by atoms with Crippen LogP contribution in [0.5, 0.6) is 0 Å². The summed E-state index contributed by atoms with van der Waals surface area (Å²) in [5, 5.41) is 11.7. The van der Waals surface area contributed by atoms with E-state index in [1.807, 2.05) is 13.0 Å². The fourth-order valence-corrected chi connectivity index (χ4v) is 1.43. The number of nitriles is 1. The molecule has 17 heavy (non-hydrogen) atoms. The van der Waals surface area contributed by atoms with E-state index in [9.17, 15) is 4.79 Å². The molecule has 1 amide bonds. The summed E-state index contributed by atoms with van der Waals surface area (Å²) in [5.41, 5.74) is 7.42. The summed E-state index contributed by atoms with van der Waals surface area (Å²) in [6.45, 7) is 5.34. The van der Waals surface area contributed by atoms with Crippen molar-refractivity contribution >= 4 is 11.6 Å². The third-order valence-electron chi connectivity index (χ3n) is 2.40. The first-order valence-electron chi connectivity index (χ1n) is 5.27. The van der Waals surface area contributed by atoms with Crippen LogP contribution in [0.15, 0.2) is 30.9 Å². The molecule has 3 N–H and O–H groups in total. The highest BCUT2D eigenvalue weighted by Gasteiger charge is 2.14. The third-order valence-corrected chi connectivity index (χ3v) is 2.40. The van der Waals surface area contributed by atoms with Gasteiger partial charge in [0.05, 0.1) is 17.3 Å². The van der Waals surface area contributed by atoms with Gasteiger partial charge in [0, 0.05) is 0 Å². The predicted molar refractivity (Wildman–Crippen MR) is 67.3 cm³/mol. The highest BCUT2D eigenvalue weighted by atomic mass is 16.2. The Labute approximate surface area is 101 Å². The zero-order valence-corrected chi connectivity index (χ0v) is 9.73. The van der Waals surface area contributed by atoms with Gasteiger partial charge in [0.25, 0.3) is 0 Å². The van der Waals surface area contributed by atoms with Gasteiger partial charge in [0.1, 0.15) is 6.07 Å². The molecule has 0 aliphatic rings.